The van der Waals surface area contributed by atoms with Crippen molar-refractivity contribution >= 4 is 35.0 Å². The fraction of sp³-hybridized carbons (Fsp3) is 0.471. The molecule has 26 heavy (non-hydrogen) atoms. The molecule has 0 spiro atoms. The molecule has 8 nitrogen and oxygen atoms in total. The molecule has 2 aromatic rings. The summed E-state index contributed by atoms with van der Waals surface area (Å²) in [7, 11) is 0. The van der Waals surface area contributed by atoms with E-state index in [9.17, 15) is 14.7 Å². The number of fused-ring (bicyclic) bond motifs is 1. The zero-order valence-electron chi connectivity index (χ0n) is 14.8. The molecule has 4 heterocycles. The van der Waals surface area contributed by atoms with E-state index < -0.39 is 22.3 Å². The summed E-state index contributed by atoms with van der Waals surface area (Å²) in [6.45, 7) is 7.30. The van der Waals surface area contributed by atoms with Gasteiger partial charge in [-0.05, 0) is 27.7 Å². The molecule has 0 radical (unpaired) electrons. The van der Waals surface area contributed by atoms with Gasteiger partial charge in [0.1, 0.15) is 23.4 Å². The summed E-state index contributed by atoms with van der Waals surface area (Å²) in [5.41, 5.74) is 0.356. The van der Waals surface area contributed by atoms with E-state index in [4.69, 9.17) is 8.94 Å². The maximum Gasteiger partial charge on any atom is 0.327 e. The molecule has 2 aromatic heterocycles. The Bertz CT molecular complexity index is 877. The average Bonchev–Trinajstić information content (AvgIpc) is 3.27. The Morgan fingerprint density at radius 2 is 2.15 bits per heavy atom. The van der Waals surface area contributed by atoms with E-state index in [1.165, 1.54) is 22.9 Å². The van der Waals surface area contributed by atoms with E-state index in [2.05, 4.69) is 5.16 Å². The number of rotatable bonds is 4. The van der Waals surface area contributed by atoms with E-state index >= 15 is 0 Å². The molecule has 3 atom stereocenters. The number of furan rings is 1. The van der Waals surface area contributed by atoms with Gasteiger partial charge >= 0.3 is 5.97 Å². The highest BCUT2D eigenvalue weighted by Gasteiger charge is 2.72. The van der Waals surface area contributed by atoms with Gasteiger partial charge in [0, 0.05) is 10.8 Å². The summed E-state index contributed by atoms with van der Waals surface area (Å²) in [4.78, 5) is 28.3. The van der Waals surface area contributed by atoms with Crippen LogP contribution in [0.2, 0.25) is 0 Å². The van der Waals surface area contributed by atoms with Crippen LogP contribution < -0.4 is 4.90 Å². The van der Waals surface area contributed by atoms with Crippen LogP contribution in [0.5, 0.6) is 0 Å². The normalized spacial score (nSPS) is 29.4. The molecule has 9 heteroatoms. The zero-order valence-corrected chi connectivity index (χ0v) is 15.6. The summed E-state index contributed by atoms with van der Waals surface area (Å²) < 4.78 is 9.83. The van der Waals surface area contributed by atoms with Gasteiger partial charge < -0.3 is 23.8 Å². The Hall–Kier alpha value is -2.42. The molecule has 138 valence electrons. The van der Waals surface area contributed by atoms with E-state index in [1.54, 1.807) is 25.5 Å². The summed E-state index contributed by atoms with van der Waals surface area (Å²) >= 11 is 1.49. The van der Waals surface area contributed by atoms with Crippen molar-refractivity contribution in [2.75, 3.05) is 4.90 Å². The van der Waals surface area contributed by atoms with Gasteiger partial charge in [-0.1, -0.05) is 5.16 Å². The SMILES string of the molecule is Cc1oncc1N(c1ccoc1)C1(C)C(=O)N2[C@@H](C(=O)O)C(C)(C)S[C@@H]21. The lowest BCUT2D eigenvalue weighted by Gasteiger charge is -2.56. The Balaban J connectivity index is 1.82. The van der Waals surface area contributed by atoms with Crippen LogP contribution in [0, 0.1) is 6.92 Å². The number of nitrogens with zero attached hydrogens (tertiary/aromatic N) is 3. The highest BCUT2D eigenvalue weighted by atomic mass is 32.2. The first-order valence-corrected chi connectivity index (χ1v) is 9.04. The Labute approximate surface area is 154 Å². The van der Waals surface area contributed by atoms with Gasteiger partial charge in [-0.25, -0.2) is 4.79 Å². The van der Waals surface area contributed by atoms with Crippen LogP contribution >= 0.6 is 11.8 Å². The number of aliphatic carboxylic acids is 1. The molecule has 2 saturated heterocycles. The van der Waals surface area contributed by atoms with E-state index in [1.807, 2.05) is 25.7 Å². The standard InChI is InChI=1S/C17H19N3O5S/c1-9-11(7-18-25-9)20(10-5-6-24-8-10)17(4)14(23)19-12(13(21)22)16(2,3)26-15(17)19/h5-8,12,15H,1-4H3,(H,21,22)/t12-,15+,17?/m0/s1. The smallest absolute Gasteiger partial charge is 0.327 e. The molecule has 4 rings (SSSR count). The number of carboxylic acids is 1. The number of hydrogen-bond donors (Lipinski definition) is 1. The molecule has 0 bridgehead atoms. The zero-order chi connectivity index (χ0) is 18.9. The highest BCUT2D eigenvalue weighted by molar-refractivity contribution is 8.01. The molecule has 2 aliphatic rings. The quantitative estimate of drug-likeness (QED) is 0.812. The van der Waals surface area contributed by atoms with E-state index in [-0.39, 0.29) is 11.3 Å². The molecule has 0 saturated carbocycles. The number of amides is 1. The fourth-order valence-corrected chi connectivity index (χ4v) is 5.65. The first kappa shape index (κ1) is 17.0. The lowest BCUT2D eigenvalue weighted by molar-refractivity contribution is -0.164. The Kier molecular flexibility index (Phi) is 3.46. The summed E-state index contributed by atoms with van der Waals surface area (Å²) in [5.74, 6) is -0.665. The summed E-state index contributed by atoms with van der Waals surface area (Å²) in [5, 5.41) is 13.2. The molecular weight excluding hydrogens is 358 g/mol. The molecule has 0 aromatic carbocycles. The third-order valence-electron chi connectivity index (χ3n) is 5.18. The Morgan fingerprint density at radius 1 is 1.42 bits per heavy atom. The predicted molar refractivity (Wildman–Crippen MR) is 94.2 cm³/mol. The van der Waals surface area contributed by atoms with Gasteiger partial charge in [0.2, 0.25) is 0 Å². The van der Waals surface area contributed by atoms with Crippen molar-refractivity contribution in [3.05, 3.63) is 30.5 Å². The highest BCUT2D eigenvalue weighted by Crippen LogP contribution is 2.58. The van der Waals surface area contributed by atoms with Crippen LogP contribution in [-0.4, -0.2) is 48.7 Å². The maximum atomic E-state index is 13.2. The van der Waals surface area contributed by atoms with Gasteiger partial charge in [0.15, 0.2) is 11.3 Å². The topological polar surface area (TPSA) is 100 Å². The van der Waals surface area contributed by atoms with Crippen molar-refractivity contribution in [3.8, 4) is 0 Å². The monoisotopic (exact) mass is 377 g/mol. The minimum absolute atomic E-state index is 0.241. The average molecular weight is 377 g/mol. The molecular formula is C17H19N3O5S. The number of hydrogen-bond acceptors (Lipinski definition) is 7. The largest absolute Gasteiger partial charge is 0.480 e. The number of aromatic nitrogens is 1. The lowest BCUT2D eigenvalue weighted by atomic mass is 9.84. The van der Waals surface area contributed by atoms with Gasteiger partial charge in [-0.15, -0.1) is 11.8 Å². The summed E-state index contributed by atoms with van der Waals surface area (Å²) in [6, 6.07) is 0.889. The van der Waals surface area contributed by atoms with Crippen LogP contribution in [-0.2, 0) is 9.59 Å². The van der Waals surface area contributed by atoms with Gasteiger partial charge in [0.05, 0.1) is 18.1 Å². The van der Waals surface area contributed by atoms with Gasteiger partial charge in [0.25, 0.3) is 5.91 Å². The van der Waals surface area contributed by atoms with Gasteiger partial charge in [-0.2, -0.15) is 0 Å². The molecule has 1 amide bonds. The van der Waals surface area contributed by atoms with Crippen molar-refractivity contribution in [1.82, 2.24) is 10.1 Å². The lowest BCUT2D eigenvalue weighted by Crippen LogP contribution is -2.77. The fourth-order valence-electron chi connectivity index (χ4n) is 3.96. The molecule has 2 fully saturated rings. The van der Waals surface area contributed by atoms with Crippen LogP contribution in [0.3, 0.4) is 0 Å². The second-order valence-electron chi connectivity index (χ2n) is 7.26. The van der Waals surface area contributed by atoms with Crippen LogP contribution in [0.4, 0.5) is 11.4 Å². The molecule has 1 N–H and O–H groups in total. The van der Waals surface area contributed by atoms with Gasteiger partial charge in [-0.3, -0.25) is 4.79 Å². The number of β-lactam (4-membered cyclic amide) rings is 1. The molecule has 0 aliphatic carbocycles. The van der Waals surface area contributed by atoms with Crippen molar-refractivity contribution in [1.29, 1.82) is 0 Å². The Morgan fingerprint density at radius 3 is 2.69 bits per heavy atom. The van der Waals surface area contributed by atoms with Crippen molar-refractivity contribution in [3.63, 3.8) is 0 Å². The van der Waals surface area contributed by atoms with Crippen molar-refractivity contribution in [2.24, 2.45) is 0 Å². The molecule has 2 aliphatic heterocycles. The van der Waals surface area contributed by atoms with Crippen LogP contribution in [0.15, 0.2) is 33.7 Å². The van der Waals surface area contributed by atoms with Crippen molar-refractivity contribution < 1.29 is 23.6 Å². The third kappa shape index (κ3) is 2.00. The minimum atomic E-state index is -0.989. The second-order valence-corrected chi connectivity index (χ2v) is 8.99. The number of carbonyl (C=O) groups excluding carboxylic acids is 1. The van der Waals surface area contributed by atoms with Crippen LogP contribution in [0.1, 0.15) is 26.5 Å². The molecule has 1 unspecified atom stereocenters. The first-order chi connectivity index (χ1) is 12.2. The minimum Gasteiger partial charge on any atom is -0.480 e. The number of carbonyl (C=O) groups is 2. The first-order valence-electron chi connectivity index (χ1n) is 8.16. The number of thioether (sulfide) groups is 1. The predicted octanol–water partition coefficient (Wildman–Crippen LogP) is 2.62. The number of anilines is 2. The maximum absolute atomic E-state index is 13.2. The third-order valence-corrected chi connectivity index (χ3v) is 6.92. The number of carboxylic acid groups (broad SMARTS) is 1. The van der Waals surface area contributed by atoms with Crippen molar-refractivity contribution in [2.45, 2.75) is 49.4 Å². The van der Waals surface area contributed by atoms with Crippen LogP contribution in [0.25, 0.3) is 0 Å². The summed E-state index contributed by atoms with van der Waals surface area (Å²) in [6.07, 6.45) is 4.64. The number of aryl methyl sites for hydroxylation is 1. The van der Waals surface area contributed by atoms with E-state index in [0.29, 0.717) is 17.1 Å². The van der Waals surface area contributed by atoms with E-state index in [0.717, 1.165) is 0 Å². The second kappa shape index (κ2) is 5.29.